The molecule has 0 saturated carbocycles. The summed E-state index contributed by atoms with van der Waals surface area (Å²) in [6.07, 6.45) is 3.04. The van der Waals surface area contributed by atoms with Crippen molar-refractivity contribution in [1.29, 1.82) is 0 Å². The van der Waals surface area contributed by atoms with E-state index in [0.29, 0.717) is 6.54 Å². The number of benzene rings is 2. The quantitative estimate of drug-likeness (QED) is 0.428. The second-order valence-corrected chi connectivity index (χ2v) is 8.01. The lowest BCUT2D eigenvalue weighted by Crippen LogP contribution is -2.30. The van der Waals surface area contributed by atoms with Gasteiger partial charge < -0.3 is 14.4 Å². The lowest BCUT2D eigenvalue weighted by atomic mass is 10.1. The topological polar surface area (TPSA) is 55.8 Å². The fourth-order valence-corrected chi connectivity index (χ4v) is 3.63. The first-order valence-electron chi connectivity index (χ1n) is 9.16. The van der Waals surface area contributed by atoms with Crippen molar-refractivity contribution in [2.45, 2.75) is 13.5 Å². The predicted molar refractivity (Wildman–Crippen MR) is 116 cm³/mol. The molecule has 0 atom stereocenters. The molecule has 1 aromatic heterocycles. The number of hydrogen-bond donors (Lipinski definition) is 0. The second kappa shape index (κ2) is 9.39. The summed E-state index contributed by atoms with van der Waals surface area (Å²) in [5.74, 6) is 0.0219. The smallest absolute Gasteiger partial charge is 0.331 e. The number of likely N-dealkylation sites (N-methyl/N-ethyl adjacent to an activating group) is 1. The van der Waals surface area contributed by atoms with Gasteiger partial charge in [0.25, 0.3) is 5.91 Å². The Morgan fingerprint density at radius 2 is 1.83 bits per heavy atom. The maximum atomic E-state index is 12.3. The third kappa shape index (κ3) is 5.68. The van der Waals surface area contributed by atoms with Crippen LogP contribution in [0.4, 0.5) is 0 Å². The highest BCUT2D eigenvalue weighted by atomic mass is 32.1. The fraction of sp³-hybridized carbons (Fsp3) is 0.217. The van der Waals surface area contributed by atoms with Crippen molar-refractivity contribution in [2.24, 2.45) is 0 Å². The van der Waals surface area contributed by atoms with Crippen LogP contribution in [-0.2, 0) is 20.9 Å². The van der Waals surface area contributed by atoms with Gasteiger partial charge in [-0.3, -0.25) is 4.79 Å². The van der Waals surface area contributed by atoms with Gasteiger partial charge in [-0.15, -0.1) is 11.3 Å². The van der Waals surface area contributed by atoms with E-state index in [1.807, 2.05) is 55.5 Å². The Hall–Kier alpha value is -3.12. The summed E-state index contributed by atoms with van der Waals surface area (Å²) in [5, 5.41) is 2.15. The molecule has 0 saturated heterocycles. The molecule has 0 aliphatic carbocycles. The van der Waals surface area contributed by atoms with Gasteiger partial charge in [0.1, 0.15) is 5.75 Å². The molecule has 5 nitrogen and oxygen atoms in total. The summed E-state index contributed by atoms with van der Waals surface area (Å²) in [5.41, 5.74) is 0.998. The van der Waals surface area contributed by atoms with Gasteiger partial charge in [-0.25, -0.2) is 4.79 Å². The van der Waals surface area contributed by atoms with Gasteiger partial charge in [0.15, 0.2) is 6.61 Å². The van der Waals surface area contributed by atoms with E-state index in [1.165, 1.54) is 11.0 Å². The summed E-state index contributed by atoms with van der Waals surface area (Å²) in [6.45, 7) is 2.15. The Morgan fingerprint density at radius 1 is 1.07 bits per heavy atom. The molecular formula is C23H23NO4S. The van der Waals surface area contributed by atoms with E-state index < -0.39 is 5.97 Å². The Labute approximate surface area is 174 Å². The number of nitrogens with zero attached hydrogens (tertiary/aromatic N) is 1. The van der Waals surface area contributed by atoms with E-state index in [9.17, 15) is 9.59 Å². The van der Waals surface area contributed by atoms with Crippen molar-refractivity contribution in [3.63, 3.8) is 0 Å². The standard InChI is InChI=1S/C23H23NO4S/c1-16-4-9-21(29-16)10-11-23(26)28-15-22(25)24(2)14-17-5-6-19-13-20(27-3)8-7-18(19)12-17/h4-13H,14-15H2,1-3H3/b11-10+. The Bertz CT molecular complexity index is 1050. The molecule has 0 spiro atoms. The molecule has 1 amide bonds. The highest BCUT2D eigenvalue weighted by Gasteiger charge is 2.12. The molecule has 6 heteroatoms. The minimum absolute atomic E-state index is 0.256. The van der Waals surface area contributed by atoms with Crippen LogP contribution in [0.3, 0.4) is 0 Å². The van der Waals surface area contributed by atoms with Crippen molar-refractivity contribution in [1.82, 2.24) is 4.90 Å². The van der Waals surface area contributed by atoms with Crippen molar-refractivity contribution >= 4 is 40.1 Å². The largest absolute Gasteiger partial charge is 0.497 e. The first-order valence-corrected chi connectivity index (χ1v) is 9.98. The molecule has 0 N–H and O–H groups in total. The van der Waals surface area contributed by atoms with Gasteiger partial charge in [0, 0.05) is 29.4 Å². The fourth-order valence-electron chi connectivity index (χ4n) is 2.84. The van der Waals surface area contributed by atoms with E-state index in [2.05, 4.69) is 0 Å². The number of hydrogen-bond acceptors (Lipinski definition) is 5. The molecule has 2 aromatic carbocycles. The zero-order valence-electron chi connectivity index (χ0n) is 16.7. The molecule has 3 aromatic rings. The predicted octanol–water partition coefficient (Wildman–Crippen LogP) is 4.43. The molecule has 1 heterocycles. The van der Waals surface area contributed by atoms with Gasteiger partial charge in [-0.2, -0.15) is 0 Å². The van der Waals surface area contributed by atoms with Crippen molar-refractivity contribution in [2.75, 3.05) is 20.8 Å². The number of rotatable bonds is 7. The van der Waals surface area contributed by atoms with Gasteiger partial charge in [0.05, 0.1) is 7.11 Å². The normalized spacial score (nSPS) is 11.0. The Morgan fingerprint density at radius 3 is 2.55 bits per heavy atom. The van der Waals surface area contributed by atoms with Crippen molar-refractivity contribution < 1.29 is 19.1 Å². The first kappa shape index (κ1) is 20.6. The number of methoxy groups -OCH3 is 1. The average Bonchev–Trinajstić information content (AvgIpc) is 3.15. The second-order valence-electron chi connectivity index (χ2n) is 6.69. The molecular weight excluding hydrogens is 386 g/mol. The van der Waals surface area contributed by atoms with Crippen LogP contribution in [0.15, 0.2) is 54.6 Å². The monoisotopic (exact) mass is 409 g/mol. The van der Waals surface area contributed by atoms with Crippen LogP contribution in [0.1, 0.15) is 15.3 Å². The van der Waals surface area contributed by atoms with E-state index >= 15 is 0 Å². The summed E-state index contributed by atoms with van der Waals surface area (Å²) in [4.78, 5) is 27.8. The van der Waals surface area contributed by atoms with Crippen LogP contribution >= 0.6 is 11.3 Å². The minimum atomic E-state index is -0.530. The lowest BCUT2D eigenvalue weighted by molar-refractivity contribution is -0.147. The van der Waals surface area contributed by atoms with Crippen molar-refractivity contribution in [3.05, 3.63) is 69.9 Å². The third-order valence-corrected chi connectivity index (χ3v) is 5.41. The molecule has 0 aliphatic heterocycles. The maximum Gasteiger partial charge on any atom is 0.331 e. The van der Waals surface area contributed by atoms with Crippen LogP contribution in [0.25, 0.3) is 16.8 Å². The van der Waals surface area contributed by atoms with Crippen LogP contribution < -0.4 is 4.74 Å². The molecule has 0 unspecified atom stereocenters. The SMILES string of the molecule is COc1ccc2cc(CN(C)C(=O)COC(=O)/C=C/c3ccc(C)s3)ccc2c1. The Kier molecular flexibility index (Phi) is 6.67. The number of esters is 1. The summed E-state index contributed by atoms with van der Waals surface area (Å²) in [7, 11) is 3.33. The summed E-state index contributed by atoms with van der Waals surface area (Å²) in [6, 6.07) is 15.8. The summed E-state index contributed by atoms with van der Waals surface area (Å²) < 4.78 is 10.3. The van der Waals surface area contributed by atoms with Gasteiger partial charge in [0.2, 0.25) is 0 Å². The van der Waals surface area contributed by atoms with Crippen LogP contribution in [0.5, 0.6) is 5.75 Å². The van der Waals surface area contributed by atoms with E-state index in [4.69, 9.17) is 9.47 Å². The van der Waals surface area contributed by atoms with Crippen LogP contribution in [-0.4, -0.2) is 37.5 Å². The number of carbonyl (C=O) groups is 2. The third-order valence-electron chi connectivity index (χ3n) is 4.44. The first-order chi connectivity index (χ1) is 13.9. The number of carbonyl (C=O) groups excluding carboxylic acids is 2. The van der Waals surface area contributed by atoms with Gasteiger partial charge in [-0.1, -0.05) is 18.2 Å². The molecule has 0 bridgehead atoms. The number of ether oxygens (including phenoxy) is 2. The number of thiophene rings is 1. The van der Waals surface area contributed by atoms with Crippen molar-refractivity contribution in [3.8, 4) is 5.75 Å². The molecule has 150 valence electrons. The maximum absolute atomic E-state index is 12.3. The molecule has 0 aliphatic rings. The van der Waals surface area contributed by atoms with E-state index in [-0.39, 0.29) is 12.5 Å². The molecule has 29 heavy (non-hydrogen) atoms. The Balaban J connectivity index is 1.52. The molecule has 0 fully saturated rings. The van der Waals surface area contributed by atoms with Gasteiger partial charge >= 0.3 is 5.97 Å². The molecule has 0 radical (unpaired) electrons. The van der Waals surface area contributed by atoms with E-state index in [1.54, 1.807) is 36.5 Å². The zero-order valence-corrected chi connectivity index (χ0v) is 17.5. The summed E-state index contributed by atoms with van der Waals surface area (Å²) >= 11 is 1.59. The molecule has 3 rings (SSSR count). The highest BCUT2D eigenvalue weighted by Crippen LogP contribution is 2.22. The zero-order chi connectivity index (χ0) is 20.8. The minimum Gasteiger partial charge on any atom is -0.497 e. The number of fused-ring (bicyclic) bond motifs is 1. The lowest BCUT2D eigenvalue weighted by Gasteiger charge is -2.17. The highest BCUT2D eigenvalue weighted by molar-refractivity contribution is 7.12. The van der Waals surface area contributed by atoms with Crippen LogP contribution in [0, 0.1) is 6.92 Å². The number of aryl methyl sites for hydroxylation is 1. The number of amides is 1. The van der Waals surface area contributed by atoms with E-state index in [0.717, 1.165) is 27.0 Å². The van der Waals surface area contributed by atoms with Gasteiger partial charge in [-0.05, 0) is 59.7 Å². The average molecular weight is 410 g/mol. The van der Waals surface area contributed by atoms with Crippen LogP contribution in [0.2, 0.25) is 0 Å².